The fraction of sp³-hybridized carbons (Fsp3) is 0.353. The van der Waals surface area contributed by atoms with Crippen molar-refractivity contribution >= 4 is 17.7 Å². The molecule has 5 nitrogen and oxygen atoms in total. The van der Waals surface area contributed by atoms with Gasteiger partial charge in [-0.1, -0.05) is 0 Å². The van der Waals surface area contributed by atoms with E-state index in [1.807, 2.05) is 35.4 Å². The van der Waals surface area contributed by atoms with Crippen molar-refractivity contribution in [3.8, 4) is 6.01 Å². The maximum Gasteiger partial charge on any atom is 0.316 e. The van der Waals surface area contributed by atoms with E-state index in [0.29, 0.717) is 12.6 Å². The van der Waals surface area contributed by atoms with E-state index in [2.05, 4.69) is 9.97 Å². The summed E-state index contributed by atoms with van der Waals surface area (Å²) in [6, 6.07) is 9.86. The van der Waals surface area contributed by atoms with Gasteiger partial charge in [0.1, 0.15) is 6.10 Å². The molecule has 1 aromatic carbocycles. The van der Waals surface area contributed by atoms with Crippen LogP contribution in [0.4, 0.5) is 0 Å². The SMILES string of the molecule is CSc1ccc(C(=O)N2CCCC(Oc3ncccn3)C2)cc1. The van der Waals surface area contributed by atoms with Gasteiger partial charge in [-0.25, -0.2) is 9.97 Å². The van der Waals surface area contributed by atoms with E-state index in [1.165, 1.54) is 0 Å². The number of thioether (sulfide) groups is 1. The number of hydrogen-bond acceptors (Lipinski definition) is 5. The molecule has 1 aliphatic heterocycles. The normalized spacial score (nSPS) is 17.8. The van der Waals surface area contributed by atoms with Crippen LogP contribution in [0.15, 0.2) is 47.6 Å². The fourth-order valence-electron chi connectivity index (χ4n) is 2.63. The lowest BCUT2D eigenvalue weighted by Gasteiger charge is -2.32. The summed E-state index contributed by atoms with van der Waals surface area (Å²) in [5.74, 6) is 0.0555. The van der Waals surface area contributed by atoms with Gasteiger partial charge >= 0.3 is 6.01 Å². The van der Waals surface area contributed by atoms with Crippen LogP contribution in [0.3, 0.4) is 0 Å². The number of amides is 1. The van der Waals surface area contributed by atoms with Crippen molar-refractivity contribution < 1.29 is 9.53 Å². The van der Waals surface area contributed by atoms with Crippen LogP contribution in [0.1, 0.15) is 23.2 Å². The van der Waals surface area contributed by atoms with Crippen molar-refractivity contribution in [3.63, 3.8) is 0 Å². The standard InChI is InChI=1S/C17H19N3O2S/c1-23-15-7-5-13(6-8-15)16(21)20-11-2-4-14(12-20)22-17-18-9-3-10-19-17/h3,5-10,14H,2,4,11-12H2,1H3. The van der Waals surface area contributed by atoms with Gasteiger partial charge in [0.2, 0.25) is 0 Å². The van der Waals surface area contributed by atoms with E-state index in [-0.39, 0.29) is 12.0 Å². The van der Waals surface area contributed by atoms with Crippen molar-refractivity contribution in [3.05, 3.63) is 48.3 Å². The number of benzene rings is 1. The largest absolute Gasteiger partial charge is 0.458 e. The average Bonchev–Trinajstić information content (AvgIpc) is 2.62. The Morgan fingerprint density at radius 3 is 2.70 bits per heavy atom. The predicted molar refractivity (Wildman–Crippen MR) is 89.8 cm³/mol. The third kappa shape index (κ3) is 4.01. The van der Waals surface area contributed by atoms with Gasteiger partial charge in [0.05, 0.1) is 6.54 Å². The third-order valence-electron chi connectivity index (χ3n) is 3.82. The number of aromatic nitrogens is 2. The molecule has 1 aliphatic rings. The molecule has 1 saturated heterocycles. The highest BCUT2D eigenvalue weighted by atomic mass is 32.2. The summed E-state index contributed by atoms with van der Waals surface area (Å²) in [4.78, 5) is 23.8. The lowest BCUT2D eigenvalue weighted by atomic mass is 10.1. The minimum atomic E-state index is -0.0550. The Bertz CT molecular complexity index is 649. The summed E-state index contributed by atoms with van der Waals surface area (Å²) in [6.45, 7) is 1.33. The monoisotopic (exact) mass is 329 g/mol. The first kappa shape index (κ1) is 15.8. The van der Waals surface area contributed by atoms with Gasteiger partial charge in [-0.15, -0.1) is 11.8 Å². The molecule has 0 saturated carbocycles. The lowest BCUT2D eigenvalue weighted by molar-refractivity contribution is 0.0516. The summed E-state index contributed by atoms with van der Waals surface area (Å²) in [6.07, 6.45) is 7.11. The summed E-state index contributed by atoms with van der Waals surface area (Å²) in [5, 5.41) is 0. The maximum absolute atomic E-state index is 12.6. The molecule has 2 aromatic rings. The van der Waals surface area contributed by atoms with Crippen LogP contribution in [0.25, 0.3) is 0 Å². The third-order valence-corrected chi connectivity index (χ3v) is 4.56. The van der Waals surface area contributed by atoms with E-state index in [9.17, 15) is 4.79 Å². The first-order valence-corrected chi connectivity index (χ1v) is 8.86. The maximum atomic E-state index is 12.6. The summed E-state index contributed by atoms with van der Waals surface area (Å²) >= 11 is 1.67. The Kier molecular flexibility index (Phi) is 5.12. The van der Waals surface area contributed by atoms with Gasteiger partial charge in [0, 0.05) is 29.4 Å². The zero-order chi connectivity index (χ0) is 16.1. The van der Waals surface area contributed by atoms with Gasteiger partial charge in [-0.05, 0) is 49.4 Å². The molecule has 0 spiro atoms. The summed E-state index contributed by atoms with van der Waals surface area (Å²) in [7, 11) is 0. The van der Waals surface area contributed by atoms with Crippen molar-refractivity contribution in [2.75, 3.05) is 19.3 Å². The van der Waals surface area contributed by atoms with Gasteiger partial charge < -0.3 is 9.64 Å². The van der Waals surface area contributed by atoms with Crippen LogP contribution in [0.5, 0.6) is 6.01 Å². The van der Waals surface area contributed by atoms with Gasteiger partial charge in [-0.2, -0.15) is 0 Å². The molecule has 0 radical (unpaired) electrons. The van der Waals surface area contributed by atoms with Crippen LogP contribution in [0, 0.1) is 0 Å². The molecular formula is C17H19N3O2S. The number of nitrogens with zero attached hydrogens (tertiary/aromatic N) is 3. The number of carbonyl (C=O) groups is 1. The smallest absolute Gasteiger partial charge is 0.316 e. The number of rotatable bonds is 4. The molecule has 1 fully saturated rings. The van der Waals surface area contributed by atoms with Crippen LogP contribution in [0.2, 0.25) is 0 Å². The Balaban J connectivity index is 1.64. The highest BCUT2D eigenvalue weighted by molar-refractivity contribution is 7.98. The number of ether oxygens (including phenoxy) is 1. The topological polar surface area (TPSA) is 55.3 Å². The first-order valence-electron chi connectivity index (χ1n) is 7.63. The summed E-state index contributed by atoms with van der Waals surface area (Å²) in [5.41, 5.74) is 0.722. The number of piperidine rings is 1. The molecule has 120 valence electrons. The molecule has 1 unspecified atom stereocenters. The van der Waals surface area contributed by atoms with Gasteiger partial charge in [0.15, 0.2) is 0 Å². The average molecular weight is 329 g/mol. The first-order chi connectivity index (χ1) is 11.3. The summed E-state index contributed by atoms with van der Waals surface area (Å²) < 4.78 is 5.79. The molecule has 2 heterocycles. The Hall–Kier alpha value is -2.08. The van der Waals surface area contributed by atoms with Crippen LogP contribution in [-0.4, -0.2) is 46.2 Å². The minimum absolute atomic E-state index is 0.0550. The quantitative estimate of drug-likeness (QED) is 0.807. The molecule has 23 heavy (non-hydrogen) atoms. The second-order valence-electron chi connectivity index (χ2n) is 5.39. The second-order valence-corrected chi connectivity index (χ2v) is 6.27. The molecule has 0 aliphatic carbocycles. The fourth-order valence-corrected chi connectivity index (χ4v) is 3.04. The van der Waals surface area contributed by atoms with Crippen molar-refractivity contribution in [2.45, 2.75) is 23.8 Å². The van der Waals surface area contributed by atoms with Gasteiger partial charge in [-0.3, -0.25) is 4.79 Å². The number of hydrogen-bond donors (Lipinski definition) is 0. The van der Waals surface area contributed by atoms with E-state index in [0.717, 1.165) is 29.8 Å². The molecular weight excluding hydrogens is 310 g/mol. The molecule has 1 atom stereocenters. The highest BCUT2D eigenvalue weighted by Crippen LogP contribution is 2.19. The lowest BCUT2D eigenvalue weighted by Crippen LogP contribution is -2.44. The van der Waals surface area contributed by atoms with Crippen LogP contribution < -0.4 is 4.74 Å². The van der Waals surface area contributed by atoms with Crippen LogP contribution in [-0.2, 0) is 0 Å². The molecule has 6 heteroatoms. The molecule has 0 bridgehead atoms. The number of carbonyl (C=O) groups excluding carboxylic acids is 1. The van der Waals surface area contributed by atoms with E-state index in [1.54, 1.807) is 30.2 Å². The Morgan fingerprint density at radius 2 is 2.00 bits per heavy atom. The highest BCUT2D eigenvalue weighted by Gasteiger charge is 2.26. The molecule has 0 N–H and O–H groups in total. The molecule has 1 aromatic heterocycles. The van der Waals surface area contributed by atoms with Crippen molar-refractivity contribution in [2.24, 2.45) is 0 Å². The number of likely N-dealkylation sites (tertiary alicyclic amines) is 1. The Morgan fingerprint density at radius 1 is 1.26 bits per heavy atom. The van der Waals surface area contributed by atoms with Gasteiger partial charge in [0.25, 0.3) is 5.91 Å². The van der Waals surface area contributed by atoms with Crippen molar-refractivity contribution in [1.82, 2.24) is 14.9 Å². The van der Waals surface area contributed by atoms with E-state index >= 15 is 0 Å². The van der Waals surface area contributed by atoms with E-state index in [4.69, 9.17) is 4.74 Å². The molecule has 1 amide bonds. The van der Waals surface area contributed by atoms with Crippen LogP contribution >= 0.6 is 11.8 Å². The minimum Gasteiger partial charge on any atom is -0.458 e. The zero-order valence-electron chi connectivity index (χ0n) is 13.0. The second kappa shape index (κ2) is 7.46. The van der Waals surface area contributed by atoms with E-state index < -0.39 is 0 Å². The predicted octanol–water partition coefficient (Wildman–Crippen LogP) is 2.88. The van der Waals surface area contributed by atoms with Crippen molar-refractivity contribution in [1.29, 1.82) is 0 Å². The molecule has 3 rings (SSSR count). The Labute approximate surface area is 140 Å². The zero-order valence-corrected chi connectivity index (χ0v) is 13.8.